The van der Waals surface area contributed by atoms with E-state index in [1.54, 1.807) is 11.3 Å². The van der Waals surface area contributed by atoms with E-state index < -0.39 is 0 Å². The molecule has 0 radical (unpaired) electrons. The number of hydrogen-bond donors (Lipinski definition) is 0. The van der Waals surface area contributed by atoms with Crippen LogP contribution in [0.5, 0.6) is 0 Å². The lowest BCUT2D eigenvalue weighted by atomic mass is 9.99. The van der Waals surface area contributed by atoms with E-state index in [1.807, 2.05) is 37.3 Å². The van der Waals surface area contributed by atoms with Crippen LogP contribution < -0.4 is 0 Å². The van der Waals surface area contributed by atoms with Crippen molar-refractivity contribution < 1.29 is 0 Å². The number of nitrogens with zero attached hydrogens (tertiary/aromatic N) is 5. The summed E-state index contributed by atoms with van der Waals surface area (Å²) >= 11 is 1.80. The summed E-state index contributed by atoms with van der Waals surface area (Å²) in [6, 6.07) is 50.9. The van der Waals surface area contributed by atoms with Gasteiger partial charge in [-0.25, -0.2) is 19.9 Å². The number of thiophene rings is 1. The molecule has 0 N–H and O–H groups in total. The highest BCUT2D eigenvalue weighted by atomic mass is 32.1. The normalized spacial score (nSPS) is 12.1. The molecule has 3 aromatic heterocycles. The van der Waals surface area contributed by atoms with Crippen molar-refractivity contribution in [2.45, 2.75) is 20.3 Å². The first-order valence-corrected chi connectivity index (χ1v) is 18.7. The lowest BCUT2D eigenvalue weighted by molar-refractivity contribution is 1.04. The van der Waals surface area contributed by atoms with E-state index >= 15 is 0 Å². The maximum absolute atomic E-state index is 5.13. The first kappa shape index (κ1) is 32.4. The second kappa shape index (κ2) is 13.9. The molecule has 53 heavy (non-hydrogen) atoms. The summed E-state index contributed by atoms with van der Waals surface area (Å²) in [5, 5.41) is 2.33. The smallest absolute Gasteiger partial charge is 0.164 e. The Morgan fingerprint density at radius 3 is 2.17 bits per heavy atom. The number of para-hydroxylation sites is 3. The Kier molecular flexibility index (Phi) is 8.50. The zero-order valence-electron chi connectivity index (χ0n) is 29.4. The van der Waals surface area contributed by atoms with Crippen LogP contribution in [0.25, 0.3) is 87.8 Å². The predicted molar refractivity (Wildman–Crippen MR) is 222 cm³/mol. The van der Waals surface area contributed by atoms with E-state index in [1.165, 1.54) is 14.8 Å². The Balaban J connectivity index is 1.20. The molecule has 0 bridgehead atoms. The molecule has 0 aliphatic rings. The van der Waals surface area contributed by atoms with Gasteiger partial charge in [-0.1, -0.05) is 122 Å². The zero-order chi connectivity index (χ0) is 35.7. The number of benzene rings is 6. The highest BCUT2D eigenvalue weighted by Crippen LogP contribution is 2.42. The minimum Gasteiger partial charge on any atom is -0.292 e. The Morgan fingerprint density at radius 2 is 1.34 bits per heavy atom. The highest BCUT2D eigenvalue weighted by Gasteiger charge is 2.19. The molecule has 9 rings (SSSR count). The van der Waals surface area contributed by atoms with Crippen LogP contribution in [-0.4, -0.2) is 24.5 Å². The highest BCUT2D eigenvalue weighted by molar-refractivity contribution is 7.26. The van der Waals surface area contributed by atoms with Gasteiger partial charge in [-0.15, -0.1) is 11.3 Å². The van der Waals surface area contributed by atoms with Crippen LogP contribution in [0.4, 0.5) is 0 Å². The third-order valence-electron chi connectivity index (χ3n) is 9.53. The molecule has 0 aliphatic heterocycles. The molecule has 3 heterocycles. The van der Waals surface area contributed by atoms with Gasteiger partial charge in [0.1, 0.15) is 5.82 Å². The fourth-order valence-corrected chi connectivity index (χ4v) is 8.09. The van der Waals surface area contributed by atoms with Gasteiger partial charge >= 0.3 is 0 Å². The lowest BCUT2D eigenvalue weighted by Crippen LogP contribution is -2.02. The number of hydrogen-bond acceptors (Lipinski definition) is 5. The molecule has 254 valence electrons. The van der Waals surface area contributed by atoms with E-state index in [2.05, 4.69) is 145 Å². The van der Waals surface area contributed by atoms with Crippen molar-refractivity contribution in [2.24, 2.45) is 0 Å². The molecule has 9 aromatic rings. The molecule has 6 aromatic carbocycles. The van der Waals surface area contributed by atoms with Gasteiger partial charge in [0.25, 0.3) is 0 Å². The standard InChI is InChI=1S/C47H35N5S/c1-3-5-16-31(4-2)44-49-45(32-17-8-6-9-18-32)51-46(50-44)37-23-15-26-42-43(37)38-30-34(27-28-41(38)53-42)33-19-14-20-35(29-33)47-48-39-24-12-13-25-40(39)52(47)36-21-10-7-11-22-36/h4-30H,3H2,1-2H3/b16-5-,31-4+. The van der Waals surface area contributed by atoms with E-state index in [0.29, 0.717) is 17.5 Å². The van der Waals surface area contributed by atoms with Gasteiger partial charge in [0.2, 0.25) is 0 Å². The molecule has 0 amide bonds. The predicted octanol–water partition coefficient (Wildman–Crippen LogP) is 12.6. The van der Waals surface area contributed by atoms with Crippen molar-refractivity contribution in [3.8, 4) is 51.0 Å². The molecule has 0 spiro atoms. The van der Waals surface area contributed by atoms with Crippen LogP contribution in [0.2, 0.25) is 0 Å². The molecule has 0 atom stereocenters. The van der Waals surface area contributed by atoms with Crippen molar-refractivity contribution in [1.29, 1.82) is 0 Å². The zero-order valence-corrected chi connectivity index (χ0v) is 30.3. The number of fused-ring (bicyclic) bond motifs is 4. The fraction of sp³-hybridized carbons (Fsp3) is 0.0638. The molecule has 0 aliphatic carbocycles. The van der Waals surface area contributed by atoms with Gasteiger partial charge in [-0.2, -0.15) is 0 Å². The summed E-state index contributed by atoms with van der Waals surface area (Å²) in [5.74, 6) is 2.90. The second-order valence-corrected chi connectivity index (χ2v) is 14.0. The SMILES string of the molecule is C/C=C(\C=C/CC)c1nc(-c2ccccc2)nc(-c2cccc3sc4ccc(-c5cccc(-c6nc7ccccc7n6-c6ccccc6)c5)cc4c23)n1. The lowest BCUT2D eigenvalue weighted by Gasteiger charge is -2.11. The van der Waals surface area contributed by atoms with Crippen LogP contribution in [0.1, 0.15) is 26.1 Å². The Labute approximate surface area is 312 Å². The molecular weight excluding hydrogens is 667 g/mol. The summed E-state index contributed by atoms with van der Waals surface area (Å²) in [6.07, 6.45) is 7.24. The Hall–Kier alpha value is -6.50. The average Bonchev–Trinajstić information content (AvgIpc) is 3.80. The maximum atomic E-state index is 5.13. The van der Waals surface area contributed by atoms with Crippen molar-refractivity contribution in [3.63, 3.8) is 0 Å². The van der Waals surface area contributed by atoms with Crippen LogP contribution in [-0.2, 0) is 0 Å². The number of rotatable bonds is 8. The Bertz CT molecular complexity index is 2830. The molecule has 0 saturated carbocycles. The van der Waals surface area contributed by atoms with Crippen molar-refractivity contribution in [3.05, 3.63) is 170 Å². The maximum Gasteiger partial charge on any atom is 0.164 e. The van der Waals surface area contributed by atoms with Crippen molar-refractivity contribution in [2.75, 3.05) is 0 Å². The second-order valence-electron chi connectivity index (χ2n) is 12.9. The van der Waals surface area contributed by atoms with E-state index in [-0.39, 0.29) is 0 Å². The van der Waals surface area contributed by atoms with Crippen molar-refractivity contribution in [1.82, 2.24) is 24.5 Å². The van der Waals surface area contributed by atoms with Crippen LogP contribution in [0.3, 0.4) is 0 Å². The average molecular weight is 702 g/mol. The summed E-state index contributed by atoms with van der Waals surface area (Å²) in [4.78, 5) is 20.3. The molecule has 5 nitrogen and oxygen atoms in total. The van der Waals surface area contributed by atoms with Crippen molar-refractivity contribution >= 4 is 48.1 Å². The Morgan fingerprint density at radius 1 is 0.623 bits per heavy atom. The van der Waals surface area contributed by atoms with E-state index in [4.69, 9.17) is 19.9 Å². The van der Waals surface area contributed by atoms with Crippen LogP contribution in [0, 0.1) is 0 Å². The third-order valence-corrected chi connectivity index (χ3v) is 10.7. The molecule has 6 heteroatoms. The first-order chi connectivity index (χ1) is 26.2. The summed E-state index contributed by atoms with van der Waals surface area (Å²) in [7, 11) is 0. The number of imidazole rings is 1. The molecular formula is C47H35N5S. The fourth-order valence-electron chi connectivity index (χ4n) is 6.98. The van der Waals surface area contributed by atoms with E-state index in [0.717, 1.165) is 67.7 Å². The topological polar surface area (TPSA) is 56.5 Å². The summed E-state index contributed by atoms with van der Waals surface area (Å²) in [5.41, 5.74) is 9.37. The quantitative estimate of drug-likeness (QED) is 0.148. The molecule has 0 saturated heterocycles. The first-order valence-electron chi connectivity index (χ1n) is 17.9. The van der Waals surface area contributed by atoms with Crippen LogP contribution >= 0.6 is 11.3 Å². The summed E-state index contributed by atoms with van der Waals surface area (Å²) < 4.78 is 4.66. The number of aromatic nitrogens is 5. The van der Waals surface area contributed by atoms with Gasteiger partial charge in [-0.3, -0.25) is 4.57 Å². The van der Waals surface area contributed by atoms with Gasteiger partial charge in [0, 0.05) is 48.1 Å². The largest absolute Gasteiger partial charge is 0.292 e. The third kappa shape index (κ3) is 6.03. The van der Waals surface area contributed by atoms with Gasteiger partial charge < -0.3 is 0 Å². The minimum atomic E-state index is 0.658. The monoisotopic (exact) mass is 701 g/mol. The van der Waals surface area contributed by atoms with Gasteiger partial charge in [-0.05, 0) is 73.0 Å². The number of allylic oxidation sites excluding steroid dienone is 4. The van der Waals surface area contributed by atoms with E-state index in [9.17, 15) is 0 Å². The summed E-state index contributed by atoms with van der Waals surface area (Å²) in [6.45, 7) is 4.16. The molecule has 0 fully saturated rings. The van der Waals surface area contributed by atoms with Gasteiger partial charge in [0.05, 0.1) is 11.0 Å². The van der Waals surface area contributed by atoms with Crippen LogP contribution in [0.15, 0.2) is 164 Å². The molecule has 0 unspecified atom stereocenters. The minimum absolute atomic E-state index is 0.658. The van der Waals surface area contributed by atoms with Gasteiger partial charge in [0.15, 0.2) is 17.5 Å².